The van der Waals surface area contributed by atoms with Crippen LogP contribution in [-0.2, 0) is 10.0 Å². The Bertz CT molecular complexity index is 503. The zero-order valence-corrected chi connectivity index (χ0v) is 11.2. The summed E-state index contributed by atoms with van der Waals surface area (Å²) in [7, 11) is -3.66. The number of sulfonamides is 1. The lowest BCUT2D eigenvalue weighted by Gasteiger charge is -2.29. The molecule has 0 unspecified atom stereocenters. The Morgan fingerprint density at radius 3 is 2.47 bits per heavy atom. The predicted molar refractivity (Wildman–Crippen MR) is 67.6 cm³/mol. The van der Waals surface area contributed by atoms with Crippen LogP contribution in [0.4, 0.5) is 5.13 Å². The predicted octanol–water partition coefficient (Wildman–Crippen LogP) is 0.0264. The van der Waals surface area contributed by atoms with Gasteiger partial charge in [-0.05, 0) is 19.8 Å². The first-order valence-electron chi connectivity index (χ1n) is 5.38. The molecule has 0 radical (unpaired) electrons. The molecule has 6 nitrogen and oxygen atoms in total. The van der Waals surface area contributed by atoms with Crippen LogP contribution in [0.25, 0.3) is 0 Å². The molecule has 1 fully saturated rings. The van der Waals surface area contributed by atoms with Crippen LogP contribution >= 0.6 is 11.3 Å². The number of aromatic nitrogens is 1. The van der Waals surface area contributed by atoms with Crippen LogP contribution < -0.4 is 15.8 Å². The Labute approximate surface area is 105 Å². The molecule has 1 aromatic rings. The van der Waals surface area contributed by atoms with E-state index >= 15 is 0 Å². The summed E-state index contributed by atoms with van der Waals surface area (Å²) in [5.41, 5.74) is 6.29. The van der Waals surface area contributed by atoms with Gasteiger partial charge in [-0.25, -0.2) is 18.5 Å². The van der Waals surface area contributed by atoms with Crippen LogP contribution in [0.2, 0.25) is 0 Å². The normalized spacial score (nSPS) is 18.6. The summed E-state index contributed by atoms with van der Waals surface area (Å²) in [5.74, 6) is 0. The lowest BCUT2D eigenvalue weighted by molar-refractivity contribution is 0.500. The number of hydrogen-bond donors (Lipinski definition) is 2. The fraction of sp³-hybridized carbons (Fsp3) is 0.667. The van der Waals surface area contributed by atoms with Crippen molar-refractivity contribution >= 4 is 26.5 Å². The van der Waals surface area contributed by atoms with E-state index in [0.717, 1.165) is 42.4 Å². The van der Waals surface area contributed by atoms with Crippen LogP contribution in [-0.4, -0.2) is 32.5 Å². The monoisotopic (exact) mass is 276 g/mol. The molecule has 4 N–H and O–H groups in total. The highest BCUT2D eigenvalue weighted by Gasteiger charge is 2.23. The van der Waals surface area contributed by atoms with E-state index in [-0.39, 0.29) is 10.3 Å². The molecule has 2 rings (SSSR count). The number of nitrogens with two attached hydrogens (primary N) is 2. The molecule has 0 aromatic carbocycles. The van der Waals surface area contributed by atoms with Crippen molar-refractivity contribution in [2.45, 2.75) is 30.0 Å². The SMILES string of the molecule is Cc1nc(N2CCC(N)CC2)sc1S(N)(=O)=O. The third-order valence-corrected chi connectivity index (χ3v) is 5.58. The highest BCUT2D eigenvalue weighted by atomic mass is 32.2. The Morgan fingerprint density at radius 2 is 2.00 bits per heavy atom. The molecule has 0 saturated carbocycles. The summed E-state index contributed by atoms with van der Waals surface area (Å²) in [6.45, 7) is 3.30. The summed E-state index contributed by atoms with van der Waals surface area (Å²) in [6, 6.07) is 0.241. The second kappa shape index (κ2) is 4.52. The largest absolute Gasteiger partial charge is 0.348 e. The molecular formula is C9H16N4O2S2. The van der Waals surface area contributed by atoms with Gasteiger partial charge in [-0.1, -0.05) is 11.3 Å². The average molecular weight is 276 g/mol. The average Bonchev–Trinajstić information content (AvgIpc) is 2.61. The summed E-state index contributed by atoms with van der Waals surface area (Å²) in [5, 5.41) is 5.85. The van der Waals surface area contributed by atoms with E-state index in [2.05, 4.69) is 9.88 Å². The van der Waals surface area contributed by atoms with E-state index in [0.29, 0.717) is 5.69 Å². The van der Waals surface area contributed by atoms with Crippen LogP contribution in [0.3, 0.4) is 0 Å². The van der Waals surface area contributed by atoms with Gasteiger partial charge in [0.1, 0.15) is 0 Å². The molecule has 0 bridgehead atoms. The number of primary sulfonamides is 1. The van der Waals surface area contributed by atoms with Crippen LogP contribution in [0, 0.1) is 6.92 Å². The van der Waals surface area contributed by atoms with Gasteiger partial charge >= 0.3 is 0 Å². The van der Waals surface area contributed by atoms with Crippen LogP contribution in [0.1, 0.15) is 18.5 Å². The van der Waals surface area contributed by atoms with Crippen molar-refractivity contribution < 1.29 is 8.42 Å². The molecule has 0 atom stereocenters. The molecule has 17 heavy (non-hydrogen) atoms. The van der Waals surface area contributed by atoms with Crippen LogP contribution in [0.15, 0.2) is 4.21 Å². The smallest absolute Gasteiger partial charge is 0.249 e. The summed E-state index contributed by atoms with van der Waals surface area (Å²) in [6.07, 6.45) is 1.81. The fourth-order valence-electron chi connectivity index (χ4n) is 1.86. The minimum absolute atomic E-state index is 0.155. The first-order valence-corrected chi connectivity index (χ1v) is 7.75. The standard InChI is InChI=1S/C9H16N4O2S2/c1-6-8(17(11,14)15)16-9(12-6)13-4-2-7(10)3-5-13/h7H,2-5,10H2,1H3,(H2,11,14,15). The molecule has 0 amide bonds. The lowest BCUT2D eigenvalue weighted by atomic mass is 10.1. The van der Waals surface area contributed by atoms with Crippen molar-refractivity contribution in [3.63, 3.8) is 0 Å². The van der Waals surface area contributed by atoms with Crippen molar-refractivity contribution in [2.75, 3.05) is 18.0 Å². The molecule has 1 aromatic heterocycles. The number of thiazole rings is 1. The second-order valence-electron chi connectivity index (χ2n) is 4.24. The van der Waals surface area contributed by atoms with Gasteiger partial charge in [-0.2, -0.15) is 0 Å². The first kappa shape index (κ1) is 12.7. The highest BCUT2D eigenvalue weighted by Crippen LogP contribution is 2.30. The maximum absolute atomic E-state index is 11.3. The minimum atomic E-state index is -3.66. The Balaban J connectivity index is 2.24. The topological polar surface area (TPSA) is 102 Å². The molecule has 1 saturated heterocycles. The third-order valence-electron chi connectivity index (χ3n) is 2.81. The van der Waals surface area contributed by atoms with Gasteiger partial charge in [0.2, 0.25) is 10.0 Å². The van der Waals surface area contributed by atoms with E-state index < -0.39 is 10.0 Å². The number of anilines is 1. The van der Waals surface area contributed by atoms with Gasteiger partial charge in [0.05, 0.1) is 5.69 Å². The van der Waals surface area contributed by atoms with Crippen molar-refractivity contribution in [2.24, 2.45) is 10.9 Å². The van der Waals surface area contributed by atoms with E-state index in [9.17, 15) is 8.42 Å². The van der Waals surface area contributed by atoms with Crippen molar-refractivity contribution in [1.82, 2.24) is 4.98 Å². The maximum atomic E-state index is 11.3. The van der Waals surface area contributed by atoms with E-state index in [4.69, 9.17) is 10.9 Å². The first-order chi connectivity index (χ1) is 7.88. The van der Waals surface area contributed by atoms with Gasteiger partial charge in [0.25, 0.3) is 0 Å². The van der Waals surface area contributed by atoms with Gasteiger partial charge in [0.15, 0.2) is 9.34 Å². The molecule has 0 spiro atoms. The van der Waals surface area contributed by atoms with E-state index in [1.807, 2.05) is 0 Å². The van der Waals surface area contributed by atoms with Crippen molar-refractivity contribution in [3.8, 4) is 0 Å². The van der Waals surface area contributed by atoms with Gasteiger partial charge in [-0.15, -0.1) is 0 Å². The number of hydrogen-bond acceptors (Lipinski definition) is 6. The fourth-order valence-corrected chi connectivity index (χ4v) is 3.86. The number of rotatable bonds is 2. The van der Waals surface area contributed by atoms with Gasteiger partial charge in [0, 0.05) is 19.1 Å². The molecular weight excluding hydrogens is 260 g/mol. The van der Waals surface area contributed by atoms with Crippen LogP contribution in [0.5, 0.6) is 0 Å². The number of piperidine rings is 1. The number of nitrogens with zero attached hydrogens (tertiary/aromatic N) is 2. The molecule has 2 heterocycles. The van der Waals surface area contributed by atoms with Crippen molar-refractivity contribution in [3.05, 3.63) is 5.69 Å². The summed E-state index contributed by atoms with van der Waals surface area (Å²) in [4.78, 5) is 6.34. The molecule has 8 heteroatoms. The van der Waals surface area contributed by atoms with Gasteiger partial charge < -0.3 is 10.6 Å². The molecule has 1 aliphatic rings. The Morgan fingerprint density at radius 1 is 1.41 bits per heavy atom. The van der Waals surface area contributed by atoms with Crippen molar-refractivity contribution in [1.29, 1.82) is 0 Å². The summed E-state index contributed by atoms with van der Waals surface area (Å²) < 4.78 is 22.8. The van der Waals surface area contributed by atoms with E-state index in [1.165, 1.54) is 0 Å². The maximum Gasteiger partial charge on any atom is 0.249 e. The number of aryl methyl sites for hydroxylation is 1. The second-order valence-corrected chi connectivity index (χ2v) is 6.97. The van der Waals surface area contributed by atoms with Gasteiger partial charge in [-0.3, -0.25) is 0 Å². The minimum Gasteiger partial charge on any atom is -0.348 e. The third kappa shape index (κ3) is 2.76. The zero-order chi connectivity index (χ0) is 12.6. The molecule has 1 aliphatic heterocycles. The quantitative estimate of drug-likeness (QED) is 0.793. The Kier molecular flexibility index (Phi) is 3.39. The Hall–Kier alpha value is -0.700. The van der Waals surface area contributed by atoms with E-state index in [1.54, 1.807) is 6.92 Å². The molecule has 96 valence electrons. The molecule has 0 aliphatic carbocycles. The summed E-state index contributed by atoms with van der Waals surface area (Å²) >= 11 is 1.14. The zero-order valence-electron chi connectivity index (χ0n) is 9.59. The lowest BCUT2D eigenvalue weighted by Crippen LogP contribution is -2.39. The highest BCUT2D eigenvalue weighted by molar-refractivity contribution is 7.91.